The molecule has 0 saturated carbocycles. The molecule has 1 aliphatic rings. The lowest BCUT2D eigenvalue weighted by Crippen LogP contribution is -2.32. The summed E-state index contributed by atoms with van der Waals surface area (Å²) in [5, 5.41) is 6.37. The van der Waals surface area contributed by atoms with E-state index in [1.54, 1.807) is 6.20 Å². The fourth-order valence-electron chi connectivity index (χ4n) is 1.91. The van der Waals surface area contributed by atoms with Crippen molar-refractivity contribution in [2.45, 2.75) is 31.9 Å². The Kier molecular flexibility index (Phi) is 4.17. The van der Waals surface area contributed by atoms with Crippen molar-refractivity contribution in [2.75, 3.05) is 24.3 Å². The minimum atomic E-state index is 0.311. The summed E-state index contributed by atoms with van der Waals surface area (Å²) in [6.07, 6.45) is 4.08. The van der Waals surface area contributed by atoms with Crippen molar-refractivity contribution in [3.05, 3.63) is 10.7 Å². The van der Waals surface area contributed by atoms with Crippen LogP contribution in [0.5, 0.6) is 0 Å². The van der Waals surface area contributed by atoms with Crippen LogP contribution in [0.25, 0.3) is 0 Å². The molecular weight excluding hydrogens is 284 g/mol. The molecule has 0 radical (unpaired) electrons. The van der Waals surface area contributed by atoms with Crippen LogP contribution >= 0.6 is 15.9 Å². The number of halogens is 1. The van der Waals surface area contributed by atoms with Crippen molar-refractivity contribution >= 4 is 27.7 Å². The fourth-order valence-corrected chi connectivity index (χ4v) is 2.22. The molecule has 1 fully saturated rings. The first-order chi connectivity index (χ1) is 8.19. The third-order valence-corrected chi connectivity index (χ3v) is 3.37. The molecule has 1 aromatic rings. The molecule has 94 valence electrons. The quantitative estimate of drug-likeness (QED) is 0.897. The van der Waals surface area contributed by atoms with Crippen molar-refractivity contribution in [3.63, 3.8) is 0 Å². The molecule has 2 atom stereocenters. The Hall–Kier alpha value is -0.880. The Bertz CT molecular complexity index is 388. The zero-order chi connectivity index (χ0) is 12.3. The van der Waals surface area contributed by atoms with Gasteiger partial charge in [0.2, 0.25) is 5.95 Å². The lowest BCUT2D eigenvalue weighted by atomic mass is 10.0. The molecule has 0 bridgehead atoms. The molecule has 2 heterocycles. The van der Waals surface area contributed by atoms with Gasteiger partial charge >= 0.3 is 0 Å². The van der Waals surface area contributed by atoms with Gasteiger partial charge in [0.05, 0.1) is 10.6 Å². The maximum absolute atomic E-state index is 5.52. The van der Waals surface area contributed by atoms with E-state index < -0.39 is 0 Å². The van der Waals surface area contributed by atoms with Gasteiger partial charge in [-0.1, -0.05) is 0 Å². The molecule has 0 amide bonds. The highest BCUT2D eigenvalue weighted by Crippen LogP contribution is 2.24. The van der Waals surface area contributed by atoms with Crippen molar-refractivity contribution < 1.29 is 4.74 Å². The molecule has 0 aliphatic carbocycles. The molecule has 17 heavy (non-hydrogen) atoms. The molecule has 0 spiro atoms. The van der Waals surface area contributed by atoms with E-state index in [2.05, 4.69) is 43.5 Å². The molecule has 6 heteroatoms. The minimum Gasteiger partial charge on any atom is -0.378 e. The molecule has 1 aliphatic heterocycles. The van der Waals surface area contributed by atoms with Gasteiger partial charge in [-0.3, -0.25) is 0 Å². The number of ether oxygens (including phenoxy) is 1. The zero-order valence-electron chi connectivity index (χ0n) is 10.0. The van der Waals surface area contributed by atoms with E-state index in [-0.39, 0.29) is 0 Å². The van der Waals surface area contributed by atoms with Crippen LogP contribution in [0, 0.1) is 0 Å². The maximum atomic E-state index is 5.52. The Balaban J connectivity index is 2.06. The number of aromatic nitrogens is 2. The van der Waals surface area contributed by atoms with Crippen LogP contribution in [-0.2, 0) is 4.74 Å². The highest BCUT2D eigenvalue weighted by Gasteiger charge is 2.20. The number of nitrogens with one attached hydrogen (secondary N) is 2. The smallest absolute Gasteiger partial charge is 0.224 e. The predicted molar refractivity (Wildman–Crippen MR) is 71.3 cm³/mol. The second-order valence-corrected chi connectivity index (χ2v) is 5.04. The Morgan fingerprint density at radius 3 is 3.06 bits per heavy atom. The molecule has 2 N–H and O–H groups in total. The molecule has 0 aromatic carbocycles. The summed E-state index contributed by atoms with van der Waals surface area (Å²) in [7, 11) is 1.81. The Morgan fingerprint density at radius 2 is 2.35 bits per heavy atom. The van der Waals surface area contributed by atoms with E-state index >= 15 is 0 Å². The molecule has 1 aromatic heterocycles. The van der Waals surface area contributed by atoms with E-state index in [1.165, 1.54) is 0 Å². The highest BCUT2D eigenvalue weighted by atomic mass is 79.9. The second-order valence-electron chi connectivity index (χ2n) is 4.19. The lowest BCUT2D eigenvalue weighted by molar-refractivity contribution is 0.0231. The summed E-state index contributed by atoms with van der Waals surface area (Å²) in [6.45, 7) is 2.91. The number of rotatable bonds is 3. The lowest BCUT2D eigenvalue weighted by Gasteiger charge is -2.28. The monoisotopic (exact) mass is 300 g/mol. The fraction of sp³-hybridized carbons (Fsp3) is 0.636. The Labute approximate surface area is 110 Å². The maximum Gasteiger partial charge on any atom is 0.224 e. The predicted octanol–water partition coefficient (Wildman–Crippen LogP) is 2.26. The van der Waals surface area contributed by atoms with Gasteiger partial charge in [0, 0.05) is 25.9 Å². The van der Waals surface area contributed by atoms with E-state index in [0.29, 0.717) is 18.1 Å². The first kappa shape index (κ1) is 12.6. The molecule has 1 saturated heterocycles. The number of anilines is 2. The topological polar surface area (TPSA) is 59.1 Å². The van der Waals surface area contributed by atoms with Crippen molar-refractivity contribution in [1.29, 1.82) is 0 Å². The van der Waals surface area contributed by atoms with Crippen LogP contribution < -0.4 is 10.6 Å². The molecule has 2 rings (SSSR count). The van der Waals surface area contributed by atoms with Crippen LogP contribution in [0.2, 0.25) is 0 Å². The van der Waals surface area contributed by atoms with Crippen molar-refractivity contribution in [1.82, 2.24) is 9.97 Å². The highest BCUT2D eigenvalue weighted by molar-refractivity contribution is 9.10. The van der Waals surface area contributed by atoms with E-state index in [4.69, 9.17) is 4.74 Å². The molecular formula is C11H17BrN4O. The van der Waals surface area contributed by atoms with Gasteiger partial charge in [-0.05, 0) is 35.7 Å². The molecule has 2 unspecified atom stereocenters. The van der Waals surface area contributed by atoms with Crippen molar-refractivity contribution in [3.8, 4) is 0 Å². The normalized spacial score (nSPS) is 24.4. The van der Waals surface area contributed by atoms with Gasteiger partial charge in [-0.25, -0.2) is 4.98 Å². The third kappa shape index (κ3) is 3.29. The van der Waals surface area contributed by atoms with Gasteiger partial charge in [-0.15, -0.1) is 0 Å². The second kappa shape index (κ2) is 5.64. The molecule has 5 nitrogen and oxygen atoms in total. The van der Waals surface area contributed by atoms with Gasteiger partial charge in [-0.2, -0.15) is 4.98 Å². The van der Waals surface area contributed by atoms with Crippen LogP contribution in [0.1, 0.15) is 19.8 Å². The number of hydrogen-bond donors (Lipinski definition) is 2. The number of hydrogen-bond acceptors (Lipinski definition) is 5. The summed E-state index contributed by atoms with van der Waals surface area (Å²) in [4.78, 5) is 8.52. The van der Waals surface area contributed by atoms with Crippen LogP contribution in [0.4, 0.5) is 11.8 Å². The van der Waals surface area contributed by atoms with Gasteiger partial charge in [0.1, 0.15) is 5.82 Å². The van der Waals surface area contributed by atoms with Crippen LogP contribution in [0.15, 0.2) is 10.7 Å². The largest absolute Gasteiger partial charge is 0.378 e. The summed E-state index contributed by atoms with van der Waals surface area (Å²) in [5.74, 6) is 1.46. The minimum absolute atomic E-state index is 0.311. The van der Waals surface area contributed by atoms with E-state index in [9.17, 15) is 0 Å². The van der Waals surface area contributed by atoms with Gasteiger partial charge < -0.3 is 15.4 Å². The SMILES string of the molecule is CNc1ncc(Br)c(NC2CCOC(C)C2)n1. The van der Waals surface area contributed by atoms with Crippen LogP contribution in [-0.4, -0.2) is 35.8 Å². The summed E-state index contributed by atoms with van der Waals surface area (Å²) < 4.78 is 6.41. The van der Waals surface area contributed by atoms with Gasteiger partial charge in [0.25, 0.3) is 0 Å². The standard InChI is InChI=1S/C11H17BrN4O/c1-7-5-8(3-4-17-7)15-10-9(12)6-14-11(13-2)16-10/h6-8H,3-5H2,1-2H3,(H2,13,14,15,16). The first-order valence-corrected chi connectivity index (χ1v) is 6.56. The average molecular weight is 301 g/mol. The summed E-state index contributed by atoms with van der Waals surface area (Å²) in [5.41, 5.74) is 0. The van der Waals surface area contributed by atoms with E-state index in [1.807, 2.05) is 7.05 Å². The first-order valence-electron chi connectivity index (χ1n) is 5.77. The van der Waals surface area contributed by atoms with E-state index in [0.717, 1.165) is 29.7 Å². The summed E-state index contributed by atoms with van der Waals surface area (Å²) in [6, 6.07) is 0.412. The van der Waals surface area contributed by atoms with Gasteiger partial charge in [0.15, 0.2) is 0 Å². The average Bonchev–Trinajstić information content (AvgIpc) is 2.32. The Morgan fingerprint density at radius 1 is 1.53 bits per heavy atom. The number of nitrogens with zero attached hydrogens (tertiary/aromatic N) is 2. The van der Waals surface area contributed by atoms with Crippen LogP contribution in [0.3, 0.4) is 0 Å². The van der Waals surface area contributed by atoms with Crippen molar-refractivity contribution in [2.24, 2.45) is 0 Å². The zero-order valence-corrected chi connectivity index (χ0v) is 11.6. The third-order valence-electron chi connectivity index (χ3n) is 2.79. The summed E-state index contributed by atoms with van der Waals surface area (Å²) >= 11 is 3.46.